The Morgan fingerprint density at radius 1 is 0.838 bits per heavy atom. The Hall–Kier alpha value is -6.41. The third-order valence-corrected chi connectivity index (χ3v) is 12.3. The number of fused-ring (bicyclic) bond motifs is 1. The van der Waals surface area contributed by atoms with Gasteiger partial charge in [-0.3, -0.25) is 39.0 Å². The molecule has 24 heteroatoms. The molecule has 4 aromatic rings. The van der Waals surface area contributed by atoms with Gasteiger partial charge < -0.3 is 45.4 Å². The number of carbonyl (C=O) groups is 6. The predicted octanol–water partition coefficient (Wildman–Crippen LogP) is 2.38. The summed E-state index contributed by atoms with van der Waals surface area (Å²) in [5.41, 5.74) is 8.32. The number of ether oxygens (including phenoxy) is 5. The number of aryl methyl sites for hydroxylation is 2. The molecule has 22 nitrogen and oxygen atoms in total. The van der Waals surface area contributed by atoms with E-state index in [0.29, 0.717) is 51.6 Å². The summed E-state index contributed by atoms with van der Waals surface area (Å²) in [5.74, 6) is -3.06. The van der Waals surface area contributed by atoms with Crippen LogP contribution in [0.15, 0.2) is 70.2 Å². The van der Waals surface area contributed by atoms with Gasteiger partial charge in [-0.25, -0.2) is 18.1 Å². The van der Waals surface area contributed by atoms with E-state index in [-0.39, 0.29) is 93.3 Å². The van der Waals surface area contributed by atoms with Gasteiger partial charge in [-0.15, -0.1) is 0 Å². The lowest BCUT2D eigenvalue weighted by atomic mass is 10.0. The molecule has 0 saturated carbocycles. The number of carbonyl (C=O) groups excluding carboxylic acids is 6. The van der Waals surface area contributed by atoms with Crippen LogP contribution < -0.4 is 36.5 Å². The summed E-state index contributed by atoms with van der Waals surface area (Å²) < 4.78 is 56.5. The molecule has 0 spiro atoms. The summed E-state index contributed by atoms with van der Waals surface area (Å²) in [6.45, 7) is 5.27. The molecule has 1 aromatic heterocycles. The van der Waals surface area contributed by atoms with E-state index in [1.165, 1.54) is 36.5 Å². The lowest BCUT2D eigenvalue weighted by Crippen LogP contribution is -2.54. The van der Waals surface area contributed by atoms with E-state index in [1.54, 1.807) is 38.1 Å². The van der Waals surface area contributed by atoms with Crippen molar-refractivity contribution in [1.29, 1.82) is 0 Å². The maximum absolute atomic E-state index is 13.2. The van der Waals surface area contributed by atoms with E-state index < -0.39 is 58.1 Å². The van der Waals surface area contributed by atoms with Crippen molar-refractivity contribution < 1.29 is 60.9 Å². The molecule has 68 heavy (non-hydrogen) atoms. The number of primary amides is 1. The van der Waals surface area contributed by atoms with Crippen LogP contribution in [-0.2, 0) is 43.4 Å². The molecule has 2 aliphatic rings. The van der Waals surface area contributed by atoms with Crippen LogP contribution in [-0.4, -0.2) is 137 Å². The van der Waals surface area contributed by atoms with E-state index in [0.717, 1.165) is 4.90 Å². The zero-order chi connectivity index (χ0) is 48.8. The highest BCUT2D eigenvalue weighted by molar-refractivity contribution is 9.10. The molecule has 1 unspecified atom stereocenters. The average molecular weight is 1020 g/mol. The van der Waals surface area contributed by atoms with Crippen molar-refractivity contribution in [1.82, 2.24) is 30.2 Å². The van der Waals surface area contributed by atoms with Gasteiger partial charge in [-0.05, 0) is 83.7 Å². The standard InChI is InChI=1S/C44H50BrN9O13S/c1-26-5-3-7-32(37(26)39(46)57)50-40-30(45)24-48-44(53-40)51-31-10-9-28(23-27(31)2)68(61,62)49-14-16-64-18-20-66-22-21-65-19-17-63-15-13-47-36(56)25-67-34-8-4-6-29-38(34)43(60)54(42(29)59)33-11-12-35(55)52-41(33)58/h3-10,23-24,33,49H,11-22,25H2,1-2H3,(H2,46,57)(H,47,56)(H,52,55,58)(H2,48,50,51,53). The number of aromatic nitrogens is 2. The zero-order valence-corrected chi connectivity index (χ0v) is 39.5. The first-order chi connectivity index (χ1) is 32.6. The Bertz CT molecular complexity index is 2650. The molecule has 0 bridgehead atoms. The van der Waals surface area contributed by atoms with Crippen molar-refractivity contribution >= 4 is 84.5 Å². The molecule has 1 saturated heterocycles. The molecule has 3 heterocycles. The smallest absolute Gasteiger partial charge is 0.266 e. The zero-order valence-electron chi connectivity index (χ0n) is 37.1. The van der Waals surface area contributed by atoms with Gasteiger partial charge in [-0.1, -0.05) is 18.2 Å². The first-order valence-electron chi connectivity index (χ1n) is 21.3. The minimum atomic E-state index is -3.84. The minimum absolute atomic E-state index is 0.00734. The lowest BCUT2D eigenvalue weighted by molar-refractivity contribution is -0.136. The average Bonchev–Trinajstić information content (AvgIpc) is 3.55. The van der Waals surface area contributed by atoms with E-state index in [1.807, 2.05) is 0 Å². The summed E-state index contributed by atoms with van der Waals surface area (Å²) >= 11 is 3.42. The molecule has 6 amide bonds. The van der Waals surface area contributed by atoms with Crippen molar-refractivity contribution in [3.05, 3.63) is 93.1 Å². The fraction of sp³-hybridized carbons (Fsp3) is 0.364. The van der Waals surface area contributed by atoms with Crippen LogP contribution in [0.5, 0.6) is 5.75 Å². The number of nitrogens with two attached hydrogens (primary N) is 1. The second kappa shape index (κ2) is 24.0. The summed E-state index contributed by atoms with van der Waals surface area (Å²) in [6, 6.07) is 13.1. The van der Waals surface area contributed by atoms with Gasteiger partial charge in [0.05, 0.1) is 84.6 Å². The fourth-order valence-electron chi connectivity index (χ4n) is 6.96. The van der Waals surface area contributed by atoms with Crippen LogP contribution >= 0.6 is 15.9 Å². The number of benzene rings is 3. The number of piperidine rings is 1. The molecule has 1 fully saturated rings. The van der Waals surface area contributed by atoms with Crippen molar-refractivity contribution in [2.24, 2.45) is 5.73 Å². The summed E-state index contributed by atoms with van der Waals surface area (Å²) in [5, 5.41) is 11.0. The van der Waals surface area contributed by atoms with Crippen LogP contribution in [0.1, 0.15) is 55.0 Å². The Balaban J connectivity index is 0.780. The van der Waals surface area contributed by atoms with Gasteiger partial charge in [0.25, 0.3) is 23.6 Å². The highest BCUT2D eigenvalue weighted by Gasteiger charge is 2.46. The van der Waals surface area contributed by atoms with E-state index >= 15 is 0 Å². The van der Waals surface area contributed by atoms with Crippen LogP contribution in [0.2, 0.25) is 0 Å². The Kier molecular flexibility index (Phi) is 18.0. The van der Waals surface area contributed by atoms with Gasteiger partial charge in [-0.2, -0.15) is 4.98 Å². The van der Waals surface area contributed by atoms with E-state index in [2.05, 4.69) is 51.9 Å². The quantitative estimate of drug-likeness (QED) is 0.0389. The predicted molar refractivity (Wildman–Crippen MR) is 247 cm³/mol. The number of rotatable bonds is 26. The maximum atomic E-state index is 13.2. The number of nitrogens with zero attached hydrogens (tertiary/aromatic N) is 3. The number of nitrogens with one attached hydrogen (secondary N) is 5. The van der Waals surface area contributed by atoms with Crippen molar-refractivity contribution in [3.8, 4) is 5.75 Å². The minimum Gasteiger partial charge on any atom is -0.483 e. The van der Waals surface area contributed by atoms with Gasteiger partial charge in [0.1, 0.15) is 17.6 Å². The number of sulfonamides is 1. The molecule has 3 aromatic carbocycles. The molecule has 7 N–H and O–H groups in total. The molecular formula is C44H50BrN9O13S. The van der Waals surface area contributed by atoms with Crippen LogP contribution in [0.4, 0.5) is 23.1 Å². The second-order valence-corrected chi connectivity index (χ2v) is 17.7. The number of imide groups is 2. The van der Waals surface area contributed by atoms with Gasteiger partial charge >= 0.3 is 0 Å². The summed E-state index contributed by atoms with van der Waals surface area (Å²) in [4.78, 5) is 84.2. The molecular weight excluding hydrogens is 975 g/mol. The lowest BCUT2D eigenvalue weighted by Gasteiger charge is -2.27. The van der Waals surface area contributed by atoms with Crippen LogP contribution in [0.3, 0.4) is 0 Å². The number of hydrogen-bond donors (Lipinski definition) is 6. The number of hydrogen-bond acceptors (Lipinski definition) is 17. The van der Waals surface area contributed by atoms with Gasteiger partial charge in [0.2, 0.25) is 27.8 Å². The summed E-state index contributed by atoms with van der Waals surface area (Å²) in [7, 11) is -3.84. The van der Waals surface area contributed by atoms with Crippen molar-refractivity contribution in [3.63, 3.8) is 0 Å². The largest absolute Gasteiger partial charge is 0.483 e. The number of halogens is 1. The van der Waals surface area contributed by atoms with Crippen LogP contribution in [0, 0.1) is 13.8 Å². The SMILES string of the molecule is Cc1cc(S(=O)(=O)NCCOCCOCCOCCOCCNC(=O)COc2cccc3c2C(=O)N(C2CCC(=O)NC2=O)C3=O)ccc1Nc1ncc(Br)c(Nc2cccc(C)c2C(N)=O)n1. The third-order valence-electron chi connectivity index (χ3n) is 10.3. The fourth-order valence-corrected chi connectivity index (χ4v) is 8.35. The second-order valence-electron chi connectivity index (χ2n) is 15.1. The monoisotopic (exact) mass is 1020 g/mol. The maximum Gasteiger partial charge on any atom is 0.266 e. The van der Waals surface area contributed by atoms with E-state index in [9.17, 15) is 37.2 Å². The van der Waals surface area contributed by atoms with Crippen molar-refractivity contribution in [2.45, 2.75) is 37.6 Å². The first-order valence-corrected chi connectivity index (χ1v) is 23.5. The molecule has 362 valence electrons. The number of anilines is 4. The molecule has 0 aliphatic carbocycles. The Morgan fingerprint density at radius 3 is 2.19 bits per heavy atom. The van der Waals surface area contributed by atoms with Crippen molar-refractivity contribution in [2.75, 3.05) is 83.2 Å². The summed E-state index contributed by atoms with van der Waals surface area (Å²) in [6.07, 6.45) is 1.55. The highest BCUT2D eigenvalue weighted by atomic mass is 79.9. The van der Waals surface area contributed by atoms with Gasteiger partial charge in [0, 0.05) is 31.4 Å². The topological polar surface area (TPSA) is 298 Å². The Morgan fingerprint density at radius 2 is 1.51 bits per heavy atom. The molecule has 0 radical (unpaired) electrons. The van der Waals surface area contributed by atoms with E-state index in [4.69, 9.17) is 29.4 Å². The van der Waals surface area contributed by atoms with Gasteiger partial charge in [0.15, 0.2) is 6.61 Å². The molecule has 6 rings (SSSR count). The first kappa shape index (κ1) is 51.0. The van der Waals surface area contributed by atoms with Crippen LogP contribution in [0.25, 0.3) is 0 Å². The Labute approximate surface area is 399 Å². The molecule has 2 aliphatic heterocycles. The highest BCUT2D eigenvalue weighted by Crippen LogP contribution is 2.34. The third kappa shape index (κ3) is 13.4. The number of amides is 6. The normalized spacial score (nSPS) is 14.7. The molecule has 1 atom stereocenters.